The molecule has 0 saturated carbocycles. The highest BCUT2D eigenvalue weighted by Crippen LogP contribution is 2.28. The van der Waals surface area contributed by atoms with Gasteiger partial charge in [0.15, 0.2) is 0 Å². The molecule has 2 rings (SSSR count). The molecule has 2 aromatic carbocycles. The number of halogens is 1. The van der Waals surface area contributed by atoms with Gasteiger partial charge in [0.2, 0.25) is 0 Å². The Morgan fingerprint density at radius 1 is 1.05 bits per heavy atom. The number of nitrogens with zero attached hydrogens (tertiary/aromatic N) is 1. The Hall–Kier alpha value is -2.56. The minimum absolute atomic E-state index is 0.186. The first kappa shape index (κ1) is 12.9. The first-order valence-corrected chi connectivity index (χ1v) is 5.55. The molecule has 0 atom stereocenters. The van der Waals surface area contributed by atoms with Crippen LogP contribution < -0.4 is 4.90 Å². The molecule has 5 heteroatoms. The van der Waals surface area contributed by atoms with Crippen molar-refractivity contribution >= 4 is 11.6 Å². The molecule has 2 N–H and O–H groups in total. The molecule has 0 aromatic heterocycles. The standard InChI is InChI=1S/C14H12FNO3/c1-16(10-7-5-9(15)6-8-10)14(19)13-11(17)3-2-4-12(13)18/h2-8,17-18H,1H3. The molecule has 2 aromatic rings. The van der Waals surface area contributed by atoms with Gasteiger partial charge in [0.05, 0.1) is 0 Å². The molecule has 98 valence electrons. The number of carbonyl (C=O) groups excluding carboxylic acids is 1. The number of anilines is 1. The molecule has 0 radical (unpaired) electrons. The van der Waals surface area contributed by atoms with Gasteiger partial charge in [-0.1, -0.05) is 6.07 Å². The number of rotatable bonds is 2. The van der Waals surface area contributed by atoms with Gasteiger partial charge in [-0.05, 0) is 36.4 Å². The number of phenols is 2. The summed E-state index contributed by atoms with van der Waals surface area (Å²) in [5.41, 5.74) is 0.267. The highest BCUT2D eigenvalue weighted by molar-refractivity contribution is 6.09. The molecule has 0 aliphatic carbocycles. The first-order chi connectivity index (χ1) is 9.00. The van der Waals surface area contributed by atoms with Crippen molar-refractivity contribution in [2.24, 2.45) is 0 Å². The van der Waals surface area contributed by atoms with E-state index in [4.69, 9.17) is 0 Å². The third-order valence-electron chi connectivity index (χ3n) is 2.75. The van der Waals surface area contributed by atoms with Gasteiger partial charge in [-0.15, -0.1) is 0 Å². The maximum atomic E-state index is 12.8. The molecule has 0 saturated heterocycles. The Balaban J connectivity index is 2.36. The van der Waals surface area contributed by atoms with E-state index in [9.17, 15) is 19.4 Å². The van der Waals surface area contributed by atoms with Crippen molar-refractivity contribution in [3.63, 3.8) is 0 Å². The van der Waals surface area contributed by atoms with Crippen LogP contribution in [0.15, 0.2) is 42.5 Å². The summed E-state index contributed by atoms with van der Waals surface area (Å²) in [5, 5.41) is 19.3. The third kappa shape index (κ3) is 2.49. The van der Waals surface area contributed by atoms with Gasteiger partial charge < -0.3 is 15.1 Å². The normalized spacial score (nSPS) is 10.2. The van der Waals surface area contributed by atoms with Crippen LogP contribution in [0.3, 0.4) is 0 Å². The summed E-state index contributed by atoms with van der Waals surface area (Å²) >= 11 is 0. The first-order valence-electron chi connectivity index (χ1n) is 5.55. The second kappa shape index (κ2) is 4.97. The Kier molecular flexibility index (Phi) is 3.37. The molecule has 1 amide bonds. The zero-order valence-corrected chi connectivity index (χ0v) is 10.2. The van der Waals surface area contributed by atoms with Gasteiger partial charge in [0, 0.05) is 12.7 Å². The van der Waals surface area contributed by atoms with Crippen molar-refractivity contribution in [3.05, 3.63) is 53.8 Å². The molecule has 0 spiro atoms. The molecule has 4 nitrogen and oxygen atoms in total. The van der Waals surface area contributed by atoms with E-state index in [0.29, 0.717) is 5.69 Å². The summed E-state index contributed by atoms with van der Waals surface area (Å²) in [4.78, 5) is 13.4. The van der Waals surface area contributed by atoms with Crippen LogP contribution in [0.5, 0.6) is 11.5 Å². The monoisotopic (exact) mass is 261 g/mol. The summed E-state index contributed by atoms with van der Waals surface area (Å²) < 4.78 is 12.8. The fourth-order valence-corrected chi connectivity index (χ4v) is 1.70. The van der Waals surface area contributed by atoms with E-state index in [1.807, 2.05) is 0 Å². The lowest BCUT2D eigenvalue weighted by atomic mass is 10.1. The smallest absolute Gasteiger partial charge is 0.265 e. The van der Waals surface area contributed by atoms with E-state index in [1.165, 1.54) is 54.4 Å². The van der Waals surface area contributed by atoms with Crippen LogP contribution in [0.2, 0.25) is 0 Å². The van der Waals surface area contributed by atoms with E-state index in [2.05, 4.69) is 0 Å². The number of benzene rings is 2. The molecular formula is C14H12FNO3. The lowest BCUT2D eigenvalue weighted by molar-refractivity contribution is 0.0987. The van der Waals surface area contributed by atoms with Gasteiger partial charge in [-0.25, -0.2) is 4.39 Å². The second-order valence-electron chi connectivity index (χ2n) is 4.01. The summed E-state index contributed by atoms with van der Waals surface area (Å²) in [6.45, 7) is 0. The van der Waals surface area contributed by atoms with E-state index >= 15 is 0 Å². The van der Waals surface area contributed by atoms with Gasteiger partial charge in [0.25, 0.3) is 5.91 Å². The lowest BCUT2D eigenvalue weighted by Gasteiger charge is -2.18. The molecule has 0 unspecified atom stereocenters. The van der Waals surface area contributed by atoms with E-state index in [-0.39, 0.29) is 17.1 Å². The third-order valence-corrected chi connectivity index (χ3v) is 2.75. The van der Waals surface area contributed by atoms with E-state index < -0.39 is 11.7 Å². The molecule has 0 fully saturated rings. The quantitative estimate of drug-likeness (QED) is 0.873. The van der Waals surface area contributed by atoms with Gasteiger partial charge in [-0.2, -0.15) is 0 Å². The van der Waals surface area contributed by atoms with Crippen LogP contribution in [0.1, 0.15) is 10.4 Å². The predicted molar refractivity (Wildman–Crippen MR) is 68.9 cm³/mol. The molecule has 0 aliphatic rings. The average Bonchev–Trinajstić information content (AvgIpc) is 2.38. The number of carbonyl (C=O) groups is 1. The number of hydrogen-bond acceptors (Lipinski definition) is 3. The van der Waals surface area contributed by atoms with E-state index in [1.54, 1.807) is 0 Å². The van der Waals surface area contributed by atoms with Crippen molar-refractivity contribution in [3.8, 4) is 11.5 Å². The highest BCUT2D eigenvalue weighted by Gasteiger charge is 2.20. The van der Waals surface area contributed by atoms with Gasteiger partial charge >= 0.3 is 0 Å². The summed E-state index contributed by atoms with van der Waals surface area (Å²) in [5.74, 6) is -1.60. The largest absolute Gasteiger partial charge is 0.507 e. The average molecular weight is 261 g/mol. The van der Waals surface area contributed by atoms with Crippen LogP contribution in [-0.4, -0.2) is 23.2 Å². The molecule has 0 bridgehead atoms. The number of aromatic hydroxyl groups is 2. The minimum Gasteiger partial charge on any atom is -0.507 e. The van der Waals surface area contributed by atoms with Crippen LogP contribution in [0.4, 0.5) is 10.1 Å². The maximum absolute atomic E-state index is 12.8. The Bertz CT molecular complexity index is 590. The SMILES string of the molecule is CN(C(=O)c1c(O)cccc1O)c1ccc(F)cc1. The van der Waals surface area contributed by atoms with Crippen LogP contribution in [0.25, 0.3) is 0 Å². The van der Waals surface area contributed by atoms with Crippen molar-refractivity contribution in [2.45, 2.75) is 0 Å². The Morgan fingerprint density at radius 3 is 2.11 bits per heavy atom. The minimum atomic E-state index is -0.581. The van der Waals surface area contributed by atoms with Gasteiger partial charge in [-0.3, -0.25) is 4.79 Å². The molecule has 0 aliphatic heterocycles. The molecule has 0 heterocycles. The van der Waals surface area contributed by atoms with Gasteiger partial charge in [0.1, 0.15) is 22.9 Å². The summed E-state index contributed by atoms with van der Waals surface area (Å²) in [6.07, 6.45) is 0. The Labute approximate surface area is 109 Å². The summed E-state index contributed by atoms with van der Waals surface area (Å²) in [6, 6.07) is 9.37. The number of hydrogen-bond donors (Lipinski definition) is 2. The zero-order chi connectivity index (χ0) is 14.0. The van der Waals surface area contributed by atoms with Crippen molar-refractivity contribution in [1.82, 2.24) is 0 Å². The predicted octanol–water partition coefficient (Wildman–Crippen LogP) is 2.51. The fourth-order valence-electron chi connectivity index (χ4n) is 1.70. The number of amides is 1. The molecule has 19 heavy (non-hydrogen) atoms. The Morgan fingerprint density at radius 2 is 1.58 bits per heavy atom. The highest BCUT2D eigenvalue weighted by atomic mass is 19.1. The topological polar surface area (TPSA) is 60.8 Å². The van der Waals surface area contributed by atoms with Crippen molar-refractivity contribution in [1.29, 1.82) is 0 Å². The second-order valence-corrected chi connectivity index (χ2v) is 4.01. The maximum Gasteiger partial charge on any atom is 0.265 e. The van der Waals surface area contributed by atoms with Crippen molar-refractivity contribution in [2.75, 3.05) is 11.9 Å². The number of phenolic OH excluding ortho intramolecular Hbond substituents is 2. The van der Waals surface area contributed by atoms with Crippen LogP contribution >= 0.6 is 0 Å². The lowest BCUT2D eigenvalue weighted by Crippen LogP contribution is -2.26. The van der Waals surface area contributed by atoms with Crippen LogP contribution in [0, 0.1) is 5.82 Å². The van der Waals surface area contributed by atoms with E-state index in [0.717, 1.165) is 0 Å². The zero-order valence-electron chi connectivity index (χ0n) is 10.2. The summed E-state index contributed by atoms with van der Waals surface area (Å²) in [7, 11) is 1.47. The molecular weight excluding hydrogens is 249 g/mol. The van der Waals surface area contributed by atoms with Crippen molar-refractivity contribution < 1.29 is 19.4 Å². The van der Waals surface area contributed by atoms with Crippen LogP contribution in [-0.2, 0) is 0 Å². The fraction of sp³-hybridized carbons (Fsp3) is 0.0714.